The van der Waals surface area contributed by atoms with Gasteiger partial charge in [-0.2, -0.15) is 5.10 Å². The third-order valence-electron chi connectivity index (χ3n) is 3.82. The minimum atomic E-state index is -3.58. The summed E-state index contributed by atoms with van der Waals surface area (Å²) < 4.78 is 24.5. The van der Waals surface area contributed by atoms with Crippen molar-refractivity contribution in [1.82, 2.24) is 20.1 Å². The molecule has 1 aromatic carbocycles. The van der Waals surface area contributed by atoms with E-state index in [2.05, 4.69) is 21.5 Å². The van der Waals surface area contributed by atoms with Crippen LogP contribution < -0.4 is 10.5 Å². The Morgan fingerprint density at radius 3 is 2.81 bits per heavy atom. The van der Waals surface area contributed by atoms with Crippen LogP contribution in [0.25, 0.3) is 21.3 Å². The van der Waals surface area contributed by atoms with Crippen LogP contribution in [0.15, 0.2) is 24.5 Å². The van der Waals surface area contributed by atoms with Crippen molar-refractivity contribution < 1.29 is 13.2 Å². The smallest absolute Gasteiger partial charge is 0.226 e. The summed E-state index contributed by atoms with van der Waals surface area (Å²) in [6.45, 7) is 2.01. The van der Waals surface area contributed by atoms with Crippen molar-refractivity contribution in [3.63, 3.8) is 0 Å². The van der Waals surface area contributed by atoms with E-state index in [-0.39, 0.29) is 24.6 Å². The van der Waals surface area contributed by atoms with Crippen molar-refractivity contribution in [3.8, 4) is 11.1 Å². The van der Waals surface area contributed by atoms with Crippen LogP contribution in [0.5, 0.6) is 0 Å². The normalized spacial score (nSPS) is 11.8. The number of hydrogen-bond acceptors (Lipinski definition) is 6. The van der Waals surface area contributed by atoms with E-state index in [1.165, 1.54) is 11.3 Å². The maximum atomic E-state index is 11.9. The van der Waals surface area contributed by atoms with Crippen LogP contribution in [0, 0.1) is 6.92 Å². The summed E-state index contributed by atoms with van der Waals surface area (Å²) in [6.07, 6.45) is 3.87. The first-order valence-corrected chi connectivity index (χ1v) is 10.4. The quantitative estimate of drug-likeness (QED) is 0.646. The minimum Gasteiger partial charge on any atom is -0.355 e. The van der Waals surface area contributed by atoms with Crippen LogP contribution in [0.3, 0.4) is 0 Å². The van der Waals surface area contributed by atoms with Gasteiger partial charge in [0, 0.05) is 25.4 Å². The fourth-order valence-electron chi connectivity index (χ4n) is 2.61. The van der Waals surface area contributed by atoms with Crippen LogP contribution >= 0.6 is 11.3 Å². The summed E-state index contributed by atoms with van der Waals surface area (Å²) in [4.78, 5) is 16.4. The molecular formula is C16H19N5O3S2. The molecule has 3 N–H and O–H groups in total. The molecule has 0 aliphatic heterocycles. The van der Waals surface area contributed by atoms with Crippen LogP contribution in [0.4, 0.5) is 0 Å². The number of carbonyl (C=O) groups excluding carboxylic acids is 1. The van der Waals surface area contributed by atoms with Crippen molar-refractivity contribution in [2.24, 2.45) is 12.2 Å². The fourth-order valence-corrected chi connectivity index (χ4v) is 3.98. The molecule has 0 spiro atoms. The van der Waals surface area contributed by atoms with Gasteiger partial charge in [0.2, 0.25) is 15.9 Å². The number of fused-ring (bicyclic) bond motifs is 1. The Bertz CT molecular complexity index is 1070. The third-order valence-corrected chi connectivity index (χ3v) is 5.61. The number of aromatic nitrogens is 3. The van der Waals surface area contributed by atoms with Crippen molar-refractivity contribution in [3.05, 3.63) is 35.1 Å². The van der Waals surface area contributed by atoms with E-state index in [0.717, 1.165) is 26.9 Å². The molecular weight excluding hydrogens is 374 g/mol. The highest BCUT2D eigenvalue weighted by molar-refractivity contribution is 7.89. The Kier molecular flexibility index (Phi) is 5.08. The third kappa shape index (κ3) is 4.45. The number of sulfonamides is 1. The zero-order valence-electron chi connectivity index (χ0n) is 14.4. The van der Waals surface area contributed by atoms with Gasteiger partial charge in [0.25, 0.3) is 0 Å². The zero-order valence-corrected chi connectivity index (χ0v) is 16.0. The Morgan fingerprint density at radius 1 is 1.38 bits per heavy atom. The van der Waals surface area contributed by atoms with Gasteiger partial charge >= 0.3 is 0 Å². The molecule has 3 aromatic rings. The van der Waals surface area contributed by atoms with Crippen molar-refractivity contribution in [2.75, 3.05) is 12.3 Å². The molecule has 0 unspecified atom stereocenters. The van der Waals surface area contributed by atoms with Gasteiger partial charge in [0.05, 0.1) is 28.6 Å². The van der Waals surface area contributed by atoms with E-state index in [4.69, 9.17) is 5.14 Å². The average Bonchev–Trinajstić information content (AvgIpc) is 3.10. The lowest BCUT2D eigenvalue weighted by molar-refractivity contribution is -0.120. The van der Waals surface area contributed by atoms with Gasteiger partial charge in [-0.15, -0.1) is 11.3 Å². The van der Waals surface area contributed by atoms with E-state index in [0.29, 0.717) is 5.01 Å². The molecule has 2 aromatic heterocycles. The van der Waals surface area contributed by atoms with Crippen LogP contribution in [0.1, 0.15) is 10.6 Å². The number of amides is 1. The highest BCUT2D eigenvalue weighted by Gasteiger charge is 2.13. The summed E-state index contributed by atoms with van der Waals surface area (Å²) in [5.74, 6) is -0.566. The lowest BCUT2D eigenvalue weighted by Gasteiger charge is -2.02. The number of aryl methyl sites for hydroxylation is 2. The molecule has 0 saturated heterocycles. The minimum absolute atomic E-state index is 0.00712. The monoisotopic (exact) mass is 393 g/mol. The number of nitrogens with one attached hydrogen (secondary N) is 1. The number of benzene rings is 1. The Labute approximate surface area is 155 Å². The van der Waals surface area contributed by atoms with Gasteiger partial charge < -0.3 is 5.32 Å². The maximum absolute atomic E-state index is 11.9. The summed E-state index contributed by atoms with van der Waals surface area (Å²) >= 11 is 1.45. The van der Waals surface area contributed by atoms with Crippen LogP contribution in [0.2, 0.25) is 0 Å². The summed E-state index contributed by atoms with van der Waals surface area (Å²) in [5, 5.41) is 12.3. The van der Waals surface area contributed by atoms with Gasteiger partial charge in [0.15, 0.2) is 0 Å². The molecule has 1 amide bonds. The largest absolute Gasteiger partial charge is 0.355 e. The lowest BCUT2D eigenvalue weighted by atomic mass is 10.0. The van der Waals surface area contributed by atoms with Gasteiger partial charge in [-0.1, -0.05) is 0 Å². The second kappa shape index (κ2) is 7.14. The fraction of sp³-hybridized carbons (Fsp3) is 0.312. The summed E-state index contributed by atoms with van der Waals surface area (Å²) in [6, 6.07) is 4.05. The number of carbonyl (C=O) groups is 1. The van der Waals surface area contributed by atoms with E-state index < -0.39 is 10.0 Å². The van der Waals surface area contributed by atoms with Crippen molar-refractivity contribution >= 4 is 37.5 Å². The zero-order chi connectivity index (χ0) is 18.9. The summed E-state index contributed by atoms with van der Waals surface area (Å²) in [5.41, 5.74) is 4.04. The lowest BCUT2D eigenvalue weighted by Crippen LogP contribution is -2.32. The van der Waals surface area contributed by atoms with Gasteiger partial charge in [-0.25, -0.2) is 18.5 Å². The molecule has 8 nitrogen and oxygen atoms in total. The van der Waals surface area contributed by atoms with Gasteiger partial charge in [-0.05, 0) is 30.2 Å². The molecule has 0 aliphatic rings. The molecule has 26 heavy (non-hydrogen) atoms. The van der Waals surface area contributed by atoms with E-state index in [9.17, 15) is 13.2 Å². The number of thiazole rings is 1. The number of hydrogen-bond donors (Lipinski definition) is 2. The first-order valence-electron chi connectivity index (χ1n) is 7.87. The Hall–Kier alpha value is -2.30. The highest BCUT2D eigenvalue weighted by atomic mass is 32.2. The molecule has 0 saturated carbocycles. The van der Waals surface area contributed by atoms with Crippen LogP contribution in [-0.4, -0.2) is 41.4 Å². The number of rotatable bonds is 6. The van der Waals surface area contributed by atoms with Crippen LogP contribution in [-0.2, 0) is 28.3 Å². The second-order valence-electron chi connectivity index (χ2n) is 6.04. The van der Waals surface area contributed by atoms with Crippen molar-refractivity contribution in [1.29, 1.82) is 0 Å². The number of primary sulfonamides is 1. The first kappa shape index (κ1) is 18.5. The Balaban J connectivity index is 1.76. The molecule has 0 radical (unpaired) electrons. The molecule has 3 rings (SSSR count). The molecule has 0 bridgehead atoms. The van der Waals surface area contributed by atoms with Gasteiger partial charge in [0.1, 0.15) is 5.01 Å². The average molecular weight is 393 g/mol. The predicted octanol–water partition coefficient (Wildman–Crippen LogP) is 0.952. The molecule has 10 heteroatoms. The van der Waals surface area contributed by atoms with Gasteiger partial charge in [-0.3, -0.25) is 9.48 Å². The molecule has 0 fully saturated rings. The molecule has 0 aliphatic carbocycles. The highest BCUT2D eigenvalue weighted by Crippen LogP contribution is 2.31. The number of nitrogens with zero attached hydrogens (tertiary/aromatic N) is 3. The van der Waals surface area contributed by atoms with Crippen molar-refractivity contribution in [2.45, 2.75) is 13.3 Å². The van der Waals surface area contributed by atoms with E-state index in [1.807, 2.05) is 32.4 Å². The standard InChI is InChI=1S/C16H19N5O3S2/c1-10-5-13-14(6-12(10)11-8-19-21(2)9-11)25-16(20-13)7-15(22)18-3-4-26(17,23)24/h5-6,8-9H,3-4,7H2,1-2H3,(H,18,22)(H2,17,23,24). The summed E-state index contributed by atoms with van der Waals surface area (Å²) in [7, 11) is -1.71. The predicted molar refractivity (Wildman–Crippen MR) is 101 cm³/mol. The maximum Gasteiger partial charge on any atom is 0.226 e. The number of nitrogens with two attached hydrogens (primary N) is 1. The molecule has 2 heterocycles. The SMILES string of the molecule is Cc1cc2nc(CC(=O)NCCS(N)(=O)=O)sc2cc1-c1cnn(C)c1. The second-order valence-corrected chi connectivity index (χ2v) is 8.89. The van der Waals surface area contributed by atoms with E-state index in [1.54, 1.807) is 4.68 Å². The Morgan fingerprint density at radius 2 is 2.15 bits per heavy atom. The first-order chi connectivity index (χ1) is 12.2. The molecule has 138 valence electrons. The van der Waals surface area contributed by atoms with E-state index >= 15 is 0 Å². The molecule has 0 atom stereocenters. The topological polar surface area (TPSA) is 120 Å².